The molecule has 0 aliphatic carbocycles. The topological polar surface area (TPSA) is 111 Å². The molecular formula is C50H100N2O7S. The molecule has 0 amide bonds. The lowest BCUT2D eigenvalue weighted by Gasteiger charge is -2.22. The summed E-state index contributed by atoms with van der Waals surface area (Å²) in [6, 6.07) is 0. The first-order valence-corrected chi connectivity index (χ1v) is 27.4. The molecule has 10 heteroatoms. The van der Waals surface area contributed by atoms with Crippen molar-refractivity contribution >= 4 is 22.0 Å². The molecule has 0 rings (SSSR count). The number of hydrogen-bond acceptors (Lipinski definition) is 8. The Morgan fingerprint density at radius 3 is 1.28 bits per heavy atom. The van der Waals surface area contributed by atoms with Gasteiger partial charge in [-0.05, 0) is 96.7 Å². The van der Waals surface area contributed by atoms with Gasteiger partial charge in [-0.25, -0.2) is 13.1 Å². The van der Waals surface area contributed by atoms with Gasteiger partial charge < -0.3 is 19.1 Å². The Labute approximate surface area is 372 Å². The van der Waals surface area contributed by atoms with Crippen LogP contribution in [-0.2, 0) is 33.8 Å². The molecule has 60 heavy (non-hydrogen) atoms. The second-order valence-electron chi connectivity index (χ2n) is 17.7. The molecule has 9 nitrogen and oxygen atoms in total. The van der Waals surface area contributed by atoms with Crippen LogP contribution >= 0.6 is 0 Å². The zero-order valence-electron chi connectivity index (χ0n) is 40.4. The first-order chi connectivity index (χ1) is 29.2. The number of unbranched alkanes of at least 4 members (excludes halogenated alkanes) is 23. The van der Waals surface area contributed by atoms with E-state index >= 15 is 0 Å². The number of nitrogens with zero attached hydrogens (tertiary/aromatic N) is 1. The number of ether oxygens (including phenoxy) is 3. The third kappa shape index (κ3) is 40.8. The van der Waals surface area contributed by atoms with Crippen molar-refractivity contribution in [3.8, 4) is 0 Å². The highest BCUT2D eigenvalue weighted by Gasteiger charge is 2.16. The zero-order valence-corrected chi connectivity index (χ0v) is 41.2. The number of rotatable bonds is 48. The zero-order chi connectivity index (χ0) is 44.2. The molecule has 0 aromatic carbocycles. The monoisotopic (exact) mass is 873 g/mol. The number of carbonyl (C=O) groups is 2. The number of sulfonamides is 1. The predicted octanol–water partition coefficient (Wildman–Crippen LogP) is 13.4. The summed E-state index contributed by atoms with van der Waals surface area (Å²) in [7, 11) is -1.80. The predicted molar refractivity (Wildman–Crippen MR) is 254 cm³/mol. The maximum atomic E-state index is 12.8. The Bertz CT molecular complexity index is 1030. The third-order valence-electron chi connectivity index (χ3n) is 11.9. The lowest BCUT2D eigenvalue weighted by atomic mass is 10.0. The molecular weight excluding hydrogens is 773 g/mol. The van der Waals surface area contributed by atoms with Crippen molar-refractivity contribution in [2.45, 2.75) is 265 Å². The van der Waals surface area contributed by atoms with Gasteiger partial charge in [0.05, 0.1) is 12.4 Å². The van der Waals surface area contributed by atoms with Crippen molar-refractivity contribution in [1.29, 1.82) is 0 Å². The van der Waals surface area contributed by atoms with Crippen molar-refractivity contribution in [2.75, 3.05) is 45.6 Å². The van der Waals surface area contributed by atoms with Gasteiger partial charge in [-0.15, -0.1) is 0 Å². The van der Waals surface area contributed by atoms with E-state index in [-0.39, 0.29) is 36.5 Å². The highest BCUT2D eigenvalue weighted by Crippen LogP contribution is 2.19. The second-order valence-corrected chi connectivity index (χ2v) is 19.7. The summed E-state index contributed by atoms with van der Waals surface area (Å²) < 4.78 is 44.0. The van der Waals surface area contributed by atoms with E-state index in [1.54, 1.807) is 0 Å². The fraction of sp³-hybridized carbons (Fsp3) is 0.960. The Balaban J connectivity index is 4.57. The van der Waals surface area contributed by atoms with Crippen LogP contribution < -0.4 is 4.72 Å². The van der Waals surface area contributed by atoms with Gasteiger partial charge in [0.15, 0.2) is 0 Å². The summed E-state index contributed by atoms with van der Waals surface area (Å²) in [6.45, 7) is 12.4. The molecule has 0 heterocycles. The lowest BCUT2D eigenvalue weighted by molar-refractivity contribution is -0.150. The van der Waals surface area contributed by atoms with Crippen molar-refractivity contribution in [3.63, 3.8) is 0 Å². The van der Waals surface area contributed by atoms with Crippen LogP contribution in [0.2, 0.25) is 0 Å². The van der Waals surface area contributed by atoms with Crippen LogP contribution in [-0.4, -0.2) is 83.1 Å². The molecule has 0 radical (unpaired) electrons. The highest BCUT2D eigenvalue weighted by molar-refractivity contribution is 7.89. The molecule has 0 saturated carbocycles. The summed E-state index contributed by atoms with van der Waals surface area (Å²) in [4.78, 5) is 27.8. The molecule has 0 bridgehead atoms. The number of methoxy groups -OCH3 is 1. The number of hydrogen-bond donors (Lipinski definition) is 1. The average Bonchev–Trinajstić information content (AvgIpc) is 3.23. The summed E-state index contributed by atoms with van der Waals surface area (Å²) >= 11 is 0. The number of esters is 2. The van der Waals surface area contributed by atoms with Crippen LogP contribution in [0, 0.1) is 0 Å². The SMILES string of the molecule is CCCCCCCCC(CC)OC(=O)CCCCCCCN(CCCCCCCC(=O)OC(CCCCCCCC)CCCCCCCC)CCCNS(=O)(=O)CCOC. The standard InChI is InChI=1S/C50H100N2O7S/c1-6-10-13-16-21-28-36-47(9-4)58-49(53)39-31-24-19-26-33-42-52(44-35-41-51-60(55,56)46-45-57-5)43-34-27-20-25-32-40-50(54)59-48(37-29-22-17-14-11-7-2)38-30-23-18-15-12-8-3/h47-48,51H,6-46H2,1-5H3. The van der Waals surface area contributed by atoms with Crippen molar-refractivity contribution in [2.24, 2.45) is 0 Å². The minimum Gasteiger partial charge on any atom is -0.462 e. The van der Waals surface area contributed by atoms with E-state index in [1.807, 2.05) is 0 Å². The van der Waals surface area contributed by atoms with Gasteiger partial charge in [-0.3, -0.25) is 9.59 Å². The van der Waals surface area contributed by atoms with E-state index in [4.69, 9.17) is 14.2 Å². The Morgan fingerprint density at radius 1 is 0.483 bits per heavy atom. The number of carbonyl (C=O) groups excluding carboxylic acids is 2. The van der Waals surface area contributed by atoms with Crippen LogP contribution in [0.15, 0.2) is 0 Å². The molecule has 0 aliphatic rings. The maximum absolute atomic E-state index is 12.8. The van der Waals surface area contributed by atoms with E-state index < -0.39 is 10.0 Å². The van der Waals surface area contributed by atoms with Gasteiger partial charge in [0.1, 0.15) is 12.2 Å². The molecule has 0 saturated heterocycles. The minimum absolute atomic E-state index is 0.00940. The molecule has 1 N–H and O–H groups in total. The lowest BCUT2D eigenvalue weighted by Crippen LogP contribution is -2.33. The molecule has 0 spiro atoms. The molecule has 1 atom stereocenters. The van der Waals surface area contributed by atoms with E-state index in [0.29, 0.717) is 19.4 Å². The summed E-state index contributed by atoms with van der Waals surface area (Å²) in [6.07, 6.45) is 39.1. The molecule has 0 fully saturated rings. The first kappa shape index (κ1) is 58.8. The Hall–Kier alpha value is -1.23. The average molecular weight is 873 g/mol. The molecule has 1 unspecified atom stereocenters. The van der Waals surface area contributed by atoms with Gasteiger partial charge in [0.2, 0.25) is 10.0 Å². The quantitative estimate of drug-likeness (QED) is 0.0475. The minimum atomic E-state index is -3.31. The van der Waals surface area contributed by atoms with Crippen molar-refractivity contribution in [1.82, 2.24) is 9.62 Å². The van der Waals surface area contributed by atoms with Crippen molar-refractivity contribution < 1.29 is 32.2 Å². The van der Waals surface area contributed by atoms with Crippen molar-refractivity contribution in [3.05, 3.63) is 0 Å². The molecule has 358 valence electrons. The van der Waals surface area contributed by atoms with Crippen LogP contribution in [0.25, 0.3) is 0 Å². The summed E-state index contributed by atoms with van der Waals surface area (Å²) in [5.74, 6) is -0.0621. The van der Waals surface area contributed by atoms with Crippen LogP contribution in [0.4, 0.5) is 0 Å². The maximum Gasteiger partial charge on any atom is 0.306 e. The smallest absolute Gasteiger partial charge is 0.306 e. The van der Waals surface area contributed by atoms with E-state index in [1.165, 1.54) is 103 Å². The van der Waals surface area contributed by atoms with Gasteiger partial charge in [0.25, 0.3) is 0 Å². The highest BCUT2D eigenvalue weighted by atomic mass is 32.2. The van der Waals surface area contributed by atoms with Crippen LogP contribution in [0.5, 0.6) is 0 Å². The van der Waals surface area contributed by atoms with E-state index in [2.05, 4.69) is 37.3 Å². The first-order valence-electron chi connectivity index (χ1n) is 25.8. The fourth-order valence-electron chi connectivity index (χ4n) is 7.96. The Morgan fingerprint density at radius 2 is 0.850 bits per heavy atom. The van der Waals surface area contributed by atoms with E-state index in [9.17, 15) is 18.0 Å². The largest absolute Gasteiger partial charge is 0.462 e. The Kier molecular flexibility index (Phi) is 43.5. The summed E-state index contributed by atoms with van der Waals surface area (Å²) in [5.41, 5.74) is 0. The van der Waals surface area contributed by atoms with Crippen LogP contribution in [0.3, 0.4) is 0 Å². The van der Waals surface area contributed by atoms with Crippen LogP contribution in [0.1, 0.15) is 252 Å². The fourth-order valence-corrected chi connectivity index (χ4v) is 8.94. The molecule has 0 aromatic rings. The van der Waals surface area contributed by atoms with Gasteiger partial charge in [-0.1, -0.05) is 163 Å². The van der Waals surface area contributed by atoms with Gasteiger partial charge in [-0.2, -0.15) is 0 Å². The second kappa shape index (κ2) is 44.4. The molecule has 0 aliphatic heterocycles. The normalized spacial score (nSPS) is 12.4. The van der Waals surface area contributed by atoms with E-state index in [0.717, 1.165) is 135 Å². The van der Waals surface area contributed by atoms with Gasteiger partial charge in [0, 0.05) is 26.5 Å². The number of nitrogens with one attached hydrogen (secondary N) is 1. The van der Waals surface area contributed by atoms with Gasteiger partial charge >= 0.3 is 11.9 Å². The third-order valence-corrected chi connectivity index (χ3v) is 13.3. The molecule has 0 aromatic heterocycles. The summed E-state index contributed by atoms with van der Waals surface area (Å²) in [5, 5.41) is 0.